The van der Waals surface area contributed by atoms with E-state index in [9.17, 15) is 9.90 Å². The first-order valence-corrected chi connectivity index (χ1v) is 13.8. The van der Waals surface area contributed by atoms with Gasteiger partial charge in [0.25, 0.3) is 0 Å². The molecule has 11 nitrogen and oxygen atoms in total. The average Bonchev–Trinajstić information content (AvgIpc) is 3.55. The number of carbonyl (C=O) groups excluding carboxylic acids is 1. The molecule has 2 aliphatic rings. The number of guanidine groups is 1. The van der Waals surface area contributed by atoms with Gasteiger partial charge in [-0.15, -0.1) is 5.10 Å². The number of methoxy groups -OCH3 is 1. The number of hydrogen-bond donors (Lipinski definition) is 2. The van der Waals surface area contributed by atoms with Gasteiger partial charge in [0.05, 0.1) is 32.1 Å². The van der Waals surface area contributed by atoms with Gasteiger partial charge in [-0.3, -0.25) is 9.48 Å². The van der Waals surface area contributed by atoms with Gasteiger partial charge in [-0.05, 0) is 66.2 Å². The fourth-order valence-corrected chi connectivity index (χ4v) is 5.44. The average molecular weight is 542 g/mol. The molecule has 1 saturated carbocycles. The Balaban J connectivity index is 1.69. The van der Waals surface area contributed by atoms with Crippen LogP contribution in [0, 0.1) is 6.92 Å². The predicted molar refractivity (Wildman–Crippen MR) is 151 cm³/mol. The Morgan fingerprint density at radius 3 is 2.64 bits per heavy atom. The predicted octanol–water partition coefficient (Wildman–Crippen LogP) is 2.72. The van der Waals surface area contributed by atoms with Crippen molar-refractivity contribution in [2.75, 3.05) is 40.0 Å². The molecule has 2 fully saturated rings. The van der Waals surface area contributed by atoms with E-state index in [1.165, 1.54) is 0 Å². The van der Waals surface area contributed by atoms with Crippen molar-refractivity contribution in [1.82, 2.24) is 24.7 Å². The van der Waals surface area contributed by atoms with Crippen molar-refractivity contribution in [3.8, 4) is 11.1 Å². The normalized spacial score (nSPS) is 21.6. The van der Waals surface area contributed by atoms with Crippen LogP contribution in [0.2, 0.25) is 0 Å². The van der Waals surface area contributed by atoms with Gasteiger partial charge in [0.2, 0.25) is 11.9 Å². The maximum atomic E-state index is 13.3. The molecular formula is C28H43N7O4. The second kappa shape index (κ2) is 12.4. The minimum Gasteiger partial charge on any atom is -0.393 e. The second-order valence-corrected chi connectivity index (χ2v) is 11.1. The summed E-state index contributed by atoms with van der Waals surface area (Å²) in [6.07, 6.45) is 6.78. The maximum absolute atomic E-state index is 13.3. The highest BCUT2D eigenvalue weighted by molar-refractivity contribution is 5.85. The molecule has 1 amide bonds. The van der Waals surface area contributed by atoms with Crippen LogP contribution in [0.25, 0.3) is 11.1 Å². The van der Waals surface area contributed by atoms with Crippen LogP contribution >= 0.6 is 0 Å². The Morgan fingerprint density at radius 2 is 2.00 bits per heavy atom. The van der Waals surface area contributed by atoms with Crippen LogP contribution < -0.4 is 5.32 Å². The number of hydrogen-bond acceptors (Lipinski definition) is 6. The van der Waals surface area contributed by atoms with Gasteiger partial charge in [-0.2, -0.15) is 5.10 Å². The number of nitrogens with one attached hydrogen (secondary N) is 1. The molecule has 0 bridgehead atoms. The first kappa shape index (κ1) is 29.0. The van der Waals surface area contributed by atoms with Crippen LogP contribution in [0.1, 0.15) is 63.8 Å². The molecule has 214 valence electrons. The van der Waals surface area contributed by atoms with E-state index < -0.39 is 5.54 Å². The van der Waals surface area contributed by atoms with E-state index >= 15 is 0 Å². The number of aliphatic hydroxyl groups excluding tert-OH is 1. The summed E-state index contributed by atoms with van der Waals surface area (Å²) < 4.78 is 14.4. The lowest BCUT2D eigenvalue weighted by Gasteiger charge is -2.34. The lowest BCUT2D eigenvalue weighted by molar-refractivity contribution is -0.143. The molecule has 1 aliphatic heterocycles. The summed E-state index contributed by atoms with van der Waals surface area (Å²) >= 11 is 0. The molecule has 1 aliphatic carbocycles. The molecular weight excluding hydrogens is 498 g/mol. The van der Waals surface area contributed by atoms with E-state index in [0.29, 0.717) is 38.9 Å². The molecule has 11 heteroatoms. The van der Waals surface area contributed by atoms with Gasteiger partial charge >= 0.3 is 0 Å². The largest absolute Gasteiger partial charge is 0.393 e. The van der Waals surface area contributed by atoms with Crippen LogP contribution in [0.5, 0.6) is 0 Å². The lowest BCUT2D eigenvalue weighted by Crippen LogP contribution is -2.51. The molecule has 0 spiro atoms. The minimum atomic E-state index is -0.839. The molecule has 3 heterocycles. The summed E-state index contributed by atoms with van der Waals surface area (Å²) in [4.78, 5) is 19.3. The zero-order chi connectivity index (χ0) is 28.2. The summed E-state index contributed by atoms with van der Waals surface area (Å²) in [5.41, 5.74) is 3.07. The zero-order valence-electron chi connectivity index (χ0n) is 23.9. The molecule has 1 atom stereocenters. The Bertz CT molecular complexity index is 1170. The highest BCUT2D eigenvalue weighted by Gasteiger charge is 2.36. The quantitative estimate of drug-likeness (QED) is 0.392. The molecule has 2 aromatic heterocycles. The number of aliphatic hydroxyl groups is 1. The van der Waals surface area contributed by atoms with E-state index in [4.69, 9.17) is 14.6 Å². The topological polar surface area (TPSA) is 118 Å². The van der Waals surface area contributed by atoms with Crippen LogP contribution in [0.15, 0.2) is 28.6 Å². The van der Waals surface area contributed by atoms with Gasteiger partial charge < -0.3 is 24.8 Å². The standard InChI is InChI=1S/C28H43N7O4/c1-19(18-38-6)31-27(29-5)32-35-20(2)24(15-25(35)21-7-9-23(36)10-8-21)22-16-30-34(17-22)28(3,4)26(37)33-11-13-39-14-12-33/h15-17,19,21,23,36H,5,7-14,18H2,1-4,6H3,(H,31,32)/t19-,21-,23+/m0/s1. The summed E-state index contributed by atoms with van der Waals surface area (Å²) in [6, 6.07) is 2.17. The number of aromatic nitrogens is 3. The third kappa shape index (κ3) is 6.42. The van der Waals surface area contributed by atoms with Gasteiger partial charge in [0, 0.05) is 60.9 Å². The Kier molecular flexibility index (Phi) is 9.24. The fraction of sp³-hybridized carbons (Fsp3) is 0.643. The van der Waals surface area contributed by atoms with Crippen molar-refractivity contribution in [1.29, 1.82) is 0 Å². The number of nitrogens with zero attached hydrogens (tertiary/aromatic N) is 6. The monoisotopic (exact) mass is 541 g/mol. The number of ether oxygens (including phenoxy) is 2. The Morgan fingerprint density at radius 1 is 1.31 bits per heavy atom. The highest BCUT2D eigenvalue weighted by atomic mass is 16.5. The maximum Gasteiger partial charge on any atom is 0.250 e. The molecule has 0 aromatic carbocycles. The van der Waals surface area contributed by atoms with Crippen molar-refractivity contribution in [3.63, 3.8) is 0 Å². The van der Waals surface area contributed by atoms with E-state index in [1.54, 1.807) is 11.8 Å². The van der Waals surface area contributed by atoms with Crippen LogP contribution in [0.4, 0.5) is 0 Å². The SMILES string of the molecule is C=N/C(=N\n1c(C)c(-c2cnn(C(C)(C)C(=O)N3CCOCC3)c2)cc1[C@H]1CC[C@@H](O)CC1)N[C@@H](C)COC. The van der Waals surface area contributed by atoms with Gasteiger partial charge in [0.15, 0.2) is 0 Å². The Hall–Kier alpha value is -3.02. The molecule has 4 rings (SSSR count). The molecule has 39 heavy (non-hydrogen) atoms. The van der Waals surface area contributed by atoms with Crippen LogP contribution in [-0.2, 0) is 19.8 Å². The Labute approximate surface area is 230 Å². The van der Waals surface area contributed by atoms with E-state index in [-0.39, 0.29) is 24.0 Å². The smallest absolute Gasteiger partial charge is 0.250 e. The lowest BCUT2D eigenvalue weighted by atomic mass is 9.85. The molecule has 0 radical (unpaired) electrons. The van der Waals surface area contributed by atoms with Crippen molar-refractivity contribution in [2.24, 2.45) is 10.1 Å². The number of rotatable bonds is 8. The first-order valence-electron chi connectivity index (χ1n) is 13.8. The van der Waals surface area contributed by atoms with Gasteiger partial charge in [-0.1, -0.05) is 0 Å². The van der Waals surface area contributed by atoms with E-state index in [0.717, 1.165) is 48.2 Å². The third-order valence-corrected chi connectivity index (χ3v) is 7.78. The summed E-state index contributed by atoms with van der Waals surface area (Å²) in [5, 5.41) is 22.9. The first-order chi connectivity index (χ1) is 18.6. The second-order valence-electron chi connectivity index (χ2n) is 11.1. The molecule has 2 N–H and O–H groups in total. The van der Waals surface area contributed by atoms with Crippen molar-refractivity contribution in [2.45, 2.75) is 77.0 Å². The van der Waals surface area contributed by atoms with Crippen molar-refractivity contribution < 1.29 is 19.4 Å². The van der Waals surface area contributed by atoms with E-state index in [1.807, 2.05) is 49.7 Å². The summed E-state index contributed by atoms with van der Waals surface area (Å²) in [7, 11) is 1.66. The number of amides is 1. The summed E-state index contributed by atoms with van der Waals surface area (Å²) in [6.45, 7) is 14.3. The molecule has 0 unspecified atom stereocenters. The summed E-state index contributed by atoms with van der Waals surface area (Å²) in [5.74, 6) is 0.690. The molecule has 2 aromatic rings. The number of morpholine rings is 1. The van der Waals surface area contributed by atoms with E-state index in [2.05, 4.69) is 28.2 Å². The fourth-order valence-electron chi connectivity index (χ4n) is 5.44. The minimum absolute atomic E-state index is 0.00679. The van der Waals surface area contributed by atoms with Gasteiger partial charge in [-0.25, -0.2) is 9.67 Å². The van der Waals surface area contributed by atoms with Crippen molar-refractivity contribution >= 4 is 18.6 Å². The highest BCUT2D eigenvalue weighted by Crippen LogP contribution is 2.38. The van der Waals surface area contributed by atoms with Crippen molar-refractivity contribution in [3.05, 3.63) is 29.8 Å². The number of aliphatic imine (C=N–C) groups is 1. The van der Waals surface area contributed by atoms with Crippen LogP contribution in [0.3, 0.4) is 0 Å². The number of carbonyl (C=O) groups is 1. The third-order valence-electron chi connectivity index (χ3n) is 7.78. The zero-order valence-corrected chi connectivity index (χ0v) is 23.9. The molecule has 1 saturated heterocycles. The van der Waals surface area contributed by atoms with Gasteiger partial charge in [0.1, 0.15) is 5.54 Å². The van der Waals surface area contributed by atoms with Crippen LogP contribution in [-0.4, -0.2) is 95.2 Å².